The van der Waals surface area contributed by atoms with Crippen molar-refractivity contribution in [1.29, 1.82) is 0 Å². The Bertz CT molecular complexity index is 474. The number of nitrogens with zero attached hydrogens (tertiary/aromatic N) is 1. The molecule has 0 unspecified atom stereocenters. The molecule has 0 aromatic heterocycles. The van der Waals surface area contributed by atoms with Gasteiger partial charge < -0.3 is 10.5 Å². The number of nitrogen functional groups attached to an aromatic ring is 1. The van der Waals surface area contributed by atoms with E-state index in [4.69, 9.17) is 10.5 Å². The molecule has 0 saturated carbocycles. The van der Waals surface area contributed by atoms with Crippen LogP contribution in [-0.4, -0.2) is 31.1 Å². The van der Waals surface area contributed by atoms with Crippen LogP contribution in [0.15, 0.2) is 35.9 Å². The van der Waals surface area contributed by atoms with Crippen molar-refractivity contribution in [1.82, 2.24) is 4.90 Å². The third-order valence-corrected chi connectivity index (χ3v) is 3.79. The first-order valence-electron chi connectivity index (χ1n) is 7.35. The van der Waals surface area contributed by atoms with E-state index in [-0.39, 0.29) is 0 Å². The van der Waals surface area contributed by atoms with Crippen molar-refractivity contribution in [2.45, 2.75) is 27.2 Å². The number of hydrogen-bond acceptors (Lipinski definition) is 3. The minimum absolute atomic E-state index is 0.310. The lowest BCUT2D eigenvalue weighted by molar-refractivity contribution is 0.213. The summed E-state index contributed by atoms with van der Waals surface area (Å²) in [6, 6.07) is 7.61. The molecule has 1 aromatic carbocycles. The summed E-state index contributed by atoms with van der Waals surface area (Å²) in [6.45, 7) is 10.7. The molecular weight excluding hydrogens is 248 g/mol. The number of rotatable bonds is 4. The quantitative estimate of drug-likeness (QED) is 0.676. The first-order valence-corrected chi connectivity index (χ1v) is 7.35. The summed E-state index contributed by atoms with van der Waals surface area (Å²) in [5.74, 6) is 0.855. The van der Waals surface area contributed by atoms with Crippen LogP contribution in [0.5, 0.6) is 5.75 Å². The smallest absolute Gasteiger partial charge is 0.121 e. The van der Waals surface area contributed by atoms with Crippen molar-refractivity contribution in [2.24, 2.45) is 5.41 Å². The van der Waals surface area contributed by atoms with Gasteiger partial charge in [0.25, 0.3) is 0 Å². The van der Waals surface area contributed by atoms with Gasteiger partial charge in [0.1, 0.15) is 12.4 Å². The fraction of sp³-hybridized carbons (Fsp3) is 0.529. The van der Waals surface area contributed by atoms with E-state index in [1.807, 2.05) is 24.3 Å². The average Bonchev–Trinajstić information content (AvgIpc) is 2.38. The maximum absolute atomic E-state index is 5.74. The summed E-state index contributed by atoms with van der Waals surface area (Å²) >= 11 is 0. The zero-order valence-corrected chi connectivity index (χ0v) is 12.9. The van der Waals surface area contributed by atoms with Gasteiger partial charge >= 0.3 is 0 Å². The molecule has 20 heavy (non-hydrogen) atoms. The zero-order chi connectivity index (χ0) is 14.6. The molecule has 0 fully saturated rings. The van der Waals surface area contributed by atoms with Crippen molar-refractivity contribution in [3.05, 3.63) is 35.9 Å². The summed E-state index contributed by atoms with van der Waals surface area (Å²) in [7, 11) is 0. The highest BCUT2D eigenvalue weighted by molar-refractivity contribution is 5.43. The van der Waals surface area contributed by atoms with E-state index in [2.05, 4.69) is 31.7 Å². The molecule has 2 N–H and O–H groups in total. The molecular formula is C17H26N2O. The predicted octanol–water partition coefficient (Wildman–Crippen LogP) is 3.33. The molecule has 3 nitrogen and oxygen atoms in total. The van der Waals surface area contributed by atoms with Crippen LogP contribution in [0.3, 0.4) is 0 Å². The second kappa shape index (κ2) is 6.31. The lowest BCUT2D eigenvalue weighted by atomic mass is 9.83. The van der Waals surface area contributed by atoms with E-state index in [0.29, 0.717) is 12.0 Å². The molecule has 1 aliphatic heterocycles. The van der Waals surface area contributed by atoms with Crippen molar-refractivity contribution < 1.29 is 4.74 Å². The molecule has 0 bridgehead atoms. The van der Waals surface area contributed by atoms with Crippen LogP contribution >= 0.6 is 0 Å². The molecule has 0 saturated heterocycles. The lowest BCUT2D eigenvalue weighted by Crippen LogP contribution is -2.34. The maximum atomic E-state index is 5.74. The van der Waals surface area contributed by atoms with E-state index in [9.17, 15) is 0 Å². The fourth-order valence-electron chi connectivity index (χ4n) is 2.49. The van der Waals surface area contributed by atoms with Crippen molar-refractivity contribution in [3.8, 4) is 5.75 Å². The zero-order valence-electron chi connectivity index (χ0n) is 12.9. The van der Waals surface area contributed by atoms with Gasteiger partial charge in [-0.15, -0.1) is 0 Å². The van der Waals surface area contributed by atoms with Crippen LogP contribution in [0.2, 0.25) is 0 Å². The van der Waals surface area contributed by atoms with Gasteiger partial charge in [-0.1, -0.05) is 38.5 Å². The average molecular weight is 274 g/mol. The van der Waals surface area contributed by atoms with Gasteiger partial charge in [-0.3, -0.25) is 4.90 Å². The van der Waals surface area contributed by atoms with Gasteiger partial charge in [0, 0.05) is 31.4 Å². The highest BCUT2D eigenvalue weighted by atomic mass is 16.5. The Balaban J connectivity index is 1.75. The summed E-state index contributed by atoms with van der Waals surface area (Å²) in [6.07, 6.45) is 3.55. The predicted molar refractivity (Wildman–Crippen MR) is 84.9 cm³/mol. The van der Waals surface area contributed by atoms with Crippen molar-refractivity contribution >= 4 is 5.69 Å². The topological polar surface area (TPSA) is 38.5 Å². The third kappa shape index (κ3) is 4.27. The number of ether oxygens (including phenoxy) is 1. The highest BCUT2D eigenvalue weighted by Crippen LogP contribution is 2.29. The number of anilines is 1. The minimum Gasteiger partial charge on any atom is -0.492 e. The summed E-state index contributed by atoms with van der Waals surface area (Å²) in [5.41, 5.74) is 8.36. The van der Waals surface area contributed by atoms with Gasteiger partial charge in [0.15, 0.2) is 0 Å². The largest absolute Gasteiger partial charge is 0.492 e. The summed E-state index contributed by atoms with van der Waals surface area (Å²) in [5, 5.41) is 0. The molecule has 3 heteroatoms. The Kier molecular flexibility index (Phi) is 4.71. The van der Waals surface area contributed by atoms with E-state index in [1.54, 1.807) is 5.57 Å². The molecule has 110 valence electrons. The molecule has 0 amide bonds. The van der Waals surface area contributed by atoms with Crippen LogP contribution in [0.1, 0.15) is 27.2 Å². The van der Waals surface area contributed by atoms with Crippen LogP contribution < -0.4 is 10.5 Å². The van der Waals surface area contributed by atoms with E-state index >= 15 is 0 Å². The standard InChI is InChI=1S/C17H26N2O/c1-17(2,3)14-7-9-19(10-8-14)11-12-20-16-6-4-5-15(18)13-16/h4-7,13H,8-12,18H2,1-3H3. The van der Waals surface area contributed by atoms with Crippen molar-refractivity contribution in [2.75, 3.05) is 32.0 Å². The number of nitrogens with two attached hydrogens (primary N) is 1. The van der Waals surface area contributed by atoms with Gasteiger partial charge in [-0.25, -0.2) is 0 Å². The van der Waals surface area contributed by atoms with Crippen LogP contribution in [-0.2, 0) is 0 Å². The normalized spacial score (nSPS) is 16.9. The third-order valence-electron chi connectivity index (χ3n) is 3.79. The highest BCUT2D eigenvalue weighted by Gasteiger charge is 2.20. The molecule has 1 heterocycles. The summed E-state index contributed by atoms with van der Waals surface area (Å²) < 4.78 is 5.74. The van der Waals surface area contributed by atoms with Crippen molar-refractivity contribution in [3.63, 3.8) is 0 Å². The Hall–Kier alpha value is -1.48. The Morgan fingerprint density at radius 2 is 2.10 bits per heavy atom. The molecule has 0 atom stereocenters. The molecule has 0 radical (unpaired) electrons. The molecule has 1 aliphatic rings. The number of hydrogen-bond donors (Lipinski definition) is 1. The summed E-state index contributed by atoms with van der Waals surface area (Å²) in [4.78, 5) is 2.43. The van der Waals surface area contributed by atoms with Gasteiger partial charge in [-0.2, -0.15) is 0 Å². The van der Waals surface area contributed by atoms with Crippen LogP contribution in [0, 0.1) is 5.41 Å². The first kappa shape index (κ1) is 14.9. The second-order valence-corrected chi connectivity index (χ2v) is 6.45. The second-order valence-electron chi connectivity index (χ2n) is 6.45. The first-order chi connectivity index (χ1) is 9.45. The SMILES string of the molecule is CC(C)(C)C1=CCN(CCOc2cccc(N)c2)CC1. The van der Waals surface area contributed by atoms with Gasteiger partial charge in [0.05, 0.1) is 0 Å². The Morgan fingerprint density at radius 3 is 2.70 bits per heavy atom. The Morgan fingerprint density at radius 1 is 1.30 bits per heavy atom. The maximum Gasteiger partial charge on any atom is 0.121 e. The van der Waals surface area contributed by atoms with Crippen LogP contribution in [0.4, 0.5) is 5.69 Å². The Labute approximate surface area is 122 Å². The fourth-order valence-corrected chi connectivity index (χ4v) is 2.49. The monoisotopic (exact) mass is 274 g/mol. The van der Waals surface area contributed by atoms with E-state index in [0.717, 1.165) is 31.1 Å². The van der Waals surface area contributed by atoms with E-state index in [1.165, 1.54) is 6.42 Å². The van der Waals surface area contributed by atoms with Crippen LogP contribution in [0.25, 0.3) is 0 Å². The van der Waals surface area contributed by atoms with Gasteiger partial charge in [-0.05, 0) is 24.0 Å². The molecule has 0 aliphatic carbocycles. The van der Waals surface area contributed by atoms with Gasteiger partial charge in [0.2, 0.25) is 0 Å². The minimum atomic E-state index is 0.310. The molecule has 0 spiro atoms. The molecule has 2 rings (SSSR count). The molecule has 1 aromatic rings. The number of benzene rings is 1. The van der Waals surface area contributed by atoms with E-state index < -0.39 is 0 Å². The lowest BCUT2D eigenvalue weighted by Gasteiger charge is -2.32.